The van der Waals surface area contributed by atoms with Crippen molar-refractivity contribution in [2.24, 2.45) is 0 Å². The third kappa shape index (κ3) is 3.92. The lowest BCUT2D eigenvalue weighted by molar-refractivity contribution is -0.132. The van der Waals surface area contributed by atoms with E-state index in [9.17, 15) is 14.7 Å². The monoisotopic (exact) mass is 526 g/mol. The van der Waals surface area contributed by atoms with Gasteiger partial charge in [0.2, 0.25) is 0 Å². The number of nitrogens with zero attached hydrogens (tertiary/aromatic N) is 2. The van der Waals surface area contributed by atoms with E-state index in [1.165, 1.54) is 16.2 Å². The first-order valence-corrected chi connectivity index (χ1v) is 13.3. The zero-order valence-electron chi connectivity index (χ0n) is 21.2. The molecule has 0 aliphatic carbocycles. The number of aryl methyl sites for hydroxylation is 1. The second kappa shape index (κ2) is 9.29. The zero-order chi connectivity index (χ0) is 26.6. The van der Waals surface area contributed by atoms with Gasteiger partial charge in [-0.2, -0.15) is 0 Å². The largest absolute Gasteiger partial charge is 0.507 e. The van der Waals surface area contributed by atoms with Crippen LogP contribution in [0.5, 0.6) is 11.5 Å². The van der Waals surface area contributed by atoms with Gasteiger partial charge in [-0.1, -0.05) is 42.5 Å². The molecule has 1 aromatic heterocycles. The number of methoxy groups -OCH3 is 1. The number of ether oxygens (including phenoxy) is 2. The molecule has 3 aromatic carbocycles. The molecule has 1 amide bonds. The molecule has 0 radical (unpaired) electrons. The molecule has 2 atom stereocenters. The van der Waals surface area contributed by atoms with Crippen LogP contribution in [0.3, 0.4) is 0 Å². The van der Waals surface area contributed by atoms with Crippen LogP contribution in [0.15, 0.2) is 66.2 Å². The van der Waals surface area contributed by atoms with Crippen LogP contribution in [0.1, 0.15) is 42.1 Å². The lowest BCUT2D eigenvalue weighted by Crippen LogP contribution is -2.29. The molecular weight excluding hydrogens is 500 g/mol. The number of thiazole rings is 1. The van der Waals surface area contributed by atoms with Crippen molar-refractivity contribution in [1.82, 2.24) is 4.98 Å². The van der Waals surface area contributed by atoms with Gasteiger partial charge < -0.3 is 14.6 Å². The molecule has 0 saturated carbocycles. The normalized spacial score (nSPS) is 20.1. The second-order valence-corrected chi connectivity index (χ2v) is 10.6. The number of hydrogen-bond acceptors (Lipinski definition) is 7. The van der Waals surface area contributed by atoms with E-state index in [1.807, 2.05) is 49.4 Å². The lowest BCUT2D eigenvalue weighted by atomic mass is 9.94. The molecule has 3 heterocycles. The van der Waals surface area contributed by atoms with Crippen molar-refractivity contribution in [3.63, 3.8) is 0 Å². The number of benzene rings is 3. The molecule has 2 aliphatic heterocycles. The summed E-state index contributed by atoms with van der Waals surface area (Å²) in [6.45, 7) is 4.05. The molecule has 1 saturated heterocycles. The van der Waals surface area contributed by atoms with Crippen molar-refractivity contribution in [3.8, 4) is 11.5 Å². The Morgan fingerprint density at radius 3 is 2.66 bits per heavy atom. The van der Waals surface area contributed by atoms with Crippen molar-refractivity contribution >= 4 is 44.1 Å². The van der Waals surface area contributed by atoms with Gasteiger partial charge in [0, 0.05) is 12.0 Å². The van der Waals surface area contributed by atoms with Crippen LogP contribution in [0, 0.1) is 0 Å². The van der Waals surface area contributed by atoms with E-state index in [-0.39, 0.29) is 17.4 Å². The van der Waals surface area contributed by atoms with Crippen molar-refractivity contribution in [2.75, 3.05) is 12.0 Å². The van der Waals surface area contributed by atoms with Crippen LogP contribution in [-0.4, -0.2) is 35.0 Å². The number of amides is 1. The van der Waals surface area contributed by atoms with Gasteiger partial charge in [0.15, 0.2) is 5.13 Å². The van der Waals surface area contributed by atoms with Gasteiger partial charge in [0.1, 0.15) is 23.4 Å². The van der Waals surface area contributed by atoms with Crippen LogP contribution < -0.4 is 14.4 Å². The number of rotatable bonds is 5. The molecule has 4 aromatic rings. The summed E-state index contributed by atoms with van der Waals surface area (Å²) in [6, 6.07) is 17.8. The smallest absolute Gasteiger partial charge is 0.301 e. The molecule has 2 aliphatic rings. The van der Waals surface area contributed by atoms with E-state index < -0.39 is 17.7 Å². The minimum atomic E-state index is -0.827. The predicted molar refractivity (Wildman–Crippen MR) is 147 cm³/mol. The Kier molecular flexibility index (Phi) is 5.91. The van der Waals surface area contributed by atoms with Gasteiger partial charge >= 0.3 is 5.91 Å². The highest BCUT2D eigenvalue weighted by Gasteiger charge is 2.48. The Labute approximate surface area is 224 Å². The predicted octanol–water partition coefficient (Wildman–Crippen LogP) is 5.82. The SMILES string of the molecule is CCc1ccc(C2/C(=C(/O)c3ccc4c(c3)CC(C)O4)C(=O)C(=O)N2c2nc3ccc(OC)cc3s2)cc1. The molecule has 7 nitrogen and oxygen atoms in total. The summed E-state index contributed by atoms with van der Waals surface area (Å²) in [6.07, 6.45) is 1.61. The summed E-state index contributed by atoms with van der Waals surface area (Å²) in [5.41, 5.74) is 4.02. The summed E-state index contributed by atoms with van der Waals surface area (Å²) >= 11 is 1.30. The van der Waals surface area contributed by atoms with Gasteiger partial charge in [-0.25, -0.2) is 4.98 Å². The number of aliphatic hydroxyl groups is 1. The third-order valence-corrected chi connectivity index (χ3v) is 8.13. The first kappa shape index (κ1) is 24.2. The molecule has 0 spiro atoms. The molecule has 1 N–H and O–H groups in total. The van der Waals surface area contributed by atoms with Gasteiger partial charge in [0.25, 0.3) is 5.78 Å². The number of aromatic nitrogens is 1. The highest BCUT2D eigenvalue weighted by molar-refractivity contribution is 7.22. The van der Waals surface area contributed by atoms with Crippen molar-refractivity contribution in [1.29, 1.82) is 0 Å². The van der Waals surface area contributed by atoms with E-state index in [2.05, 4.69) is 11.9 Å². The minimum Gasteiger partial charge on any atom is -0.507 e. The number of aliphatic hydroxyl groups excluding tert-OH is 1. The van der Waals surface area contributed by atoms with E-state index in [0.717, 1.165) is 33.6 Å². The highest BCUT2D eigenvalue weighted by Crippen LogP contribution is 2.45. The van der Waals surface area contributed by atoms with Gasteiger partial charge in [0.05, 0.1) is 28.9 Å². The van der Waals surface area contributed by atoms with Crippen molar-refractivity contribution in [3.05, 3.63) is 88.5 Å². The van der Waals surface area contributed by atoms with Crippen LogP contribution in [0.4, 0.5) is 5.13 Å². The van der Waals surface area contributed by atoms with Gasteiger partial charge in [-0.3, -0.25) is 14.5 Å². The minimum absolute atomic E-state index is 0.0442. The highest BCUT2D eigenvalue weighted by atomic mass is 32.1. The fourth-order valence-corrected chi connectivity index (χ4v) is 6.15. The zero-order valence-corrected chi connectivity index (χ0v) is 22.0. The molecule has 38 heavy (non-hydrogen) atoms. The number of fused-ring (bicyclic) bond motifs is 2. The van der Waals surface area contributed by atoms with E-state index in [1.54, 1.807) is 25.3 Å². The number of carbonyl (C=O) groups excluding carboxylic acids is 2. The molecule has 0 bridgehead atoms. The quantitative estimate of drug-likeness (QED) is 0.200. The topological polar surface area (TPSA) is 89.0 Å². The molecule has 192 valence electrons. The fraction of sp³-hybridized carbons (Fsp3) is 0.233. The van der Waals surface area contributed by atoms with Crippen LogP contribution in [0.2, 0.25) is 0 Å². The average molecular weight is 527 g/mol. The Hall–Kier alpha value is -4.17. The maximum atomic E-state index is 13.5. The second-order valence-electron chi connectivity index (χ2n) is 9.55. The Bertz CT molecular complexity index is 1620. The summed E-state index contributed by atoms with van der Waals surface area (Å²) in [5.74, 6) is -0.225. The number of hydrogen-bond donors (Lipinski definition) is 1. The van der Waals surface area contributed by atoms with Crippen LogP contribution in [-0.2, 0) is 22.4 Å². The number of anilines is 1. The first-order valence-electron chi connectivity index (χ1n) is 12.5. The molecular formula is C30H26N2O5S. The summed E-state index contributed by atoms with van der Waals surface area (Å²) in [7, 11) is 1.59. The van der Waals surface area contributed by atoms with E-state index in [0.29, 0.717) is 28.4 Å². The fourth-order valence-electron chi connectivity index (χ4n) is 5.13. The van der Waals surface area contributed by atoms with Crippen LogP contribution in [0.25, 0.3) is 16.0 Å². The Morgan fingerprint density at radius 2 is 1.92 bits per heavy atom. The maximum absolute atomic E-state index is 13.5. The van der Waals surface area contributed by atoms with Crippen molar-refractivity contribution < 1.29 is 24.2 Å². The van der Waals surface area contributed by atoms with E-state index >= 15 is 0 Å². The number of ketones is 1. The van der Waals surface area contributed by atoms with Gasteiger partial charge in [-0.05, 0) is 66.4 Å². The summed E-state index contributed by atoms with van der Waals surface area (Å²) in [4.78, 5) is 33.2. The first-order chi connectivity index (χ1) is 18.4. The molecule has 1 fully saturated rings. The standard InChI is InChI=1S/C30H26N2O5S/c1-4-17-5-7-18(8-6-17)26-25(27(33)19-9-12-23-20(14-19)13-16(2)37-23)28(34)29(35)32(26)30-31-22-11-10-21(36-3)15-24(22)38-30/h5-12,14-16,26,33H,4,13H2,1-3H3/b27-25-. The summed E-state index contributed by atoms with van der Waals surface area (Å²) < 4.78 is 12.0. The molecule has 2 unspecified atom stereocenters. The summed E-state index contributed by atoms with van der Waals surface area (Å²) in [5, 5.41) is 11.9. The van der Waals surface area contributed by atoms with Crippen LogP contribution >= 0.6 is 11.3 Å². The Morgan fingerprint density at radius 1 is 1.13 bits per heavy atom. The maximum Gasteiger partial charge on any atom is 0.301 e. The van der Waals surface area contributed by atoms with E-state index in [4.69, 9.17) is 9.47 Å². The third-order valence-electron chi connectivity index (χ3n) is 7.11. The number of Topliss-reactive ketones (excluding diaryl/α,β-unsaturated/α-hetero) is 1. The van der Waals surface area contributed by atoms with Crippen molar-refractivity contribution in [2.45, 2.75) is 38.8 Å². The average Bonchev–Trinajstić information content (AvgIpc) is 3.60. The molecule has 8 heteroatoms. The lowest BCUT2D eigenvalue weighted by Gasteiger charge is -2.23. The van der Waals surface area contributed by atoms with Gasteiger partial charge in [-0.15, -0.1) is 0 Å². The molecule has 6 rings (SSSR count). The Balaban J connectivity index is 1.52. The number of carbonyl (C=O) groups is 2.